The second-order valence-electron chi connectivity index (χ2n) is 6.16. The van der Waals surface area contributed by atoms with Gasteiger partial charge in [-0.15, -0.1) is 0 Å². The Bertz CT molecular complexity index is 623. The number of amides is 2. The highest BCUT2D eigenvalue weighted by Crippen LogP contribution is 2.41. The van der Waals surface area contributed by atoms with Gasteiger partial charge in [0, 0.05) is 7.05 Å². The van der Waals surface area contributed by atoms with Gasteiger partial charge in [-0.05, 0) is 48.5 Å². The van der Waals surface area contributed by atoms with E-state index < -0.39 is 5.54 Å². The number of carbonyl (C=O) groups is 2. The Morgan fingerprint density at radius 2 is 2.10 bits per heavy atom. The molecule has 2 fully saturated rings. The summed E-state index contributed by atoms with van der Waals surface area (Å²) in [7, 11) is 1.85. The quantitative estimate of drug-likeness (QED) is 0.884. The van der Waals surface area contributed by atoms with Crippen LogP contribution in [-0.4, -0.2) is 38.6 Å². The van der Waals surface area contributed by atoms with Crippen LogP contribution in [0.2, 0.25) is 0 Å². The molecule has 1 atom stereocenters. The number of nitrogens with zero attached hydrogens (tertiary/aromatic N) is 3. The van der Waals surface area contributed by atoms with Crippen LogP contribution in [0, 0.1) is 12.8 Å². The lowest BCUT2D eigenvalue weighted by Crippen LogP contribution is -2.66. The Kier molecular flexibility index (Phi) is 3.35. The molecular formula is C14H19BrN4O2. The van der Waals surface area contributed by atoms with Crippen molar-refractivity contribution in [3.8, 4) is 0 Å². The van der Waals surface area contributed by atoms with Crippen molar-refractivity contribution in [2.45, 2.75) is 38.8 Å². The Balaban J connectivity index is 1.87. The third-order valence-electron chi connectivity index (χ3n) is 4.46. The number of aromatic nitrogens is 2. The molecule has 0 aromatic carbocycles. The molecule has 2 amide bonds. The lowest BCUT2D eigenvalue weighted by molar-refractivity contribution is -0.150. The first kappa shape index (κ1) is 14.6. The van der Waals surface area contributed by atoms with Crippen LogP contribution in [0.15, 0.2) is 4.47 Å². The maximum Gasteiger partial charge on any atom is 0.249 e. The van der Waals surface area contributed by atoms with Gasteiger partial charge in [0.2, 0.25) is 11.8 Å². The van der Waals surface area contributed by atoms with Gasteiger partial charge in [0.05, 0.1) is 22.4 Å². The van der Waals surface area contributed by atoms with E-state index in [9.17, 15) is 9.59 Å². The fourth-order valence-corrected chi connectivity index (χ4v) is 3.52. The summed E-state index contributed by atoms with van der Waals surface area (Å²) >= 11 is 3.51. The van der Waals surface area contributed by atoms with E-state index in [1.807, 2.05) is 20.9 Å². The van der Waals surface area contributed by atoms with Crippen LogP contribution in [0.5, 0.6) is 0 Å². The maximum atomic E-state index is 12.8. The molecule has 1 saturated heterocycles. The summed E-state index contributed by atoms with van der Waals surface area (Å²) in [5.74, 6) is 0.197. The fourth-order valence-electron chi connectivity index (χ4n) is 3.05. The highest BCUT2D eigenvalue weighted by Gasteiger charge is 2.52. The molecule has 1 aromatic rings. The van der Waals surface area contributed by atoms with Crippen LogP contribution < -0.4 is 5.32 Å². The summed E-state index contributed by atoms with van der Waals surface area (Å²) in [6.45, 7) is 4.26. The first-order valence-corrected chi connectivity index (χ1v) is 7.90. The van der Waals surface area contributed by atoms with Gasteiger partial charge in [-0.1, -0.05) is 0 Å². The number of hydrogen-bond acceptors (Lipinski definition) is 3. The summed E-state index contributed by atoms with van der Waals surface area (Å²) in [6, 6.07) is 0. The largest absolute Gasteiger partial charge is 0.340 e. The lowest BCUT2D eigenvalue weighted by Gasteiger charge is -2.40. The highest BCUT2D eigenvalue weighted by molar-refractivity contribution is 9.10. The lowest BCUT2D eigenvalue weighted by atomic mass is 9.91. The number of halogens is 1. The molecule has 1 N–H and O–H groups in total. The first-order valence-electron chi connectivity index (χ1n) is 7.11. The standard InChI is InChI=1S/C14H19BrN4O2/c1-8-12(15)10(18(3)17-8)6-19-7-11(20)16-14(2,13(19)21)9-4-5-9/h9H,4-7H2,1-3H3,(H,16,20). The highest BCUT2D eigenvalue weighted by atomic mass is 79.9. The van der Waals surface area contributed by atoms with Gasteiger partial charge in [0.15, 0.2) is 0 Å². The Morgan fingerprint density at radius 1 is 1.43 bits per heavy atom. The van der Waals surface area contributed by atoms with Crippen molar-refractivity contribution in [3.63, 3.8) is 0 Å². The van der Waals surface area contributed by atoms with E-state index in [2.05, 4.69) is 26.3 Å². The number of nitrogens with one attached hydrogen (secondary N) is 1. The van der Waals surface area contributed by atoms with Gasteiger partial charge in [-0.2, -0.15) is 5.10 Å². The molecule has 1 aromatic heterocycles. The Hall–Kier alpha value is -1.37. The zero-order valence-corrected chi connectivity index (χ0v) is 14.0. The molecule has 0 spiro atoms. The summed E-state index contributed by atoms with van der Waals surface area (Å²) in [4.78, 5) is 26.4. The van der Waals surface area contributed by atoms with Crippen molar-refractivity contribution in [1.29, 1.82) is 0 Å². The second-order valence-corrected chi connectivity index (χ2v) is 6.95. The number of carbonyl (C=O) groups excluding carboxylic acids is 2. The SMILES string of the molecule is Cc1nn(C)c(CN2CC(=O)NC(C)(C3CC3)C2=O)c1Br. The van der Waals surface area contributed by atoms with Crippen molar-refractivity contribution in [1.82, 2.24) is 20.0 Å². The van der Waals surface area contributed by atoms with Gasteiger partial charge in [-0.25, -0.2) is 0 Å². The number of aryl methyl sites for hydroxylation is 2. The third kappa shape index (κ3) is 2.37. The summed E-state index contributed by atoms with van der Waals surface area (Å²) in [6.07, 6.45) is 2.01. The molecule has 1 aliphatic heterocycles. The van der Waals surface area contributed by atoms with E-state index in [1.165, 1.54) is 0 Å². The van der Waals surface area contributed by atoms with Gasteiger partial charge >= 0.3 is 0 Å². The monoisotopic (exact) mass is 354 g/mol. The second kappa shape index (κ2) is 4.83. The van der Waals surface area contributed by atoms with Crippen LogP contribution in [0.1, 0.15) is 31.2 Å². The third-order valence-corrected chi connectivity index (χ3v) is 5.49. The molecule has 114 valence electrons. The normalized spacial score (nSPS) is 26.2. The molecule has 0 bridgehead atoms. The van der Waals surface area contributed by atoms with Crippen LogP contribution >= 0.6 is 15.9 Å². The average Bonchev–Trinajstić information content (AvgIpc) is 3.21. The maximum absolute atomic E-state index is 12.8. The summed E-state index contributed by atoms with van der Waals surface area (Å²) in [5.41, 5.74) is 1.05. The number of hydrogen-bond donors (Lipinski definition) is 1. The summed E-state index contributed by atoms with van der Waals surface area (Å²) < 4.78 is 2.66. The first-order chi connectivity index (χ1) is 9.83. The molecule has 0 radical (unpaired) electrons. The van der Waals surface area contributed by atoms with Crippen molar-refractivity contribution in [2.75, 3.05) is 6.54 Å². The number of piperazine rings is 1. The van der Waals surface area contributed by atoms with E-state index >= 15 is 0 Å². The molecule has 1 unspecified atom stereocenters. The predicted octanol–water partition coefficient (Wildman–Crippen LogP) is 1.12. The molecule has 1 aliphatic carbocycles. The van der Waals surface area contributed by atoms with E-state index in [-0.39, 0.29) is 24.3 Å². The van der Waals surface area contributed by atoms with E-state index in [0.717, 1.165) is 28.7 Å². The minimum atomic E-state index is -0.741. The molecular weight excluding hydrogens is 336 g/mol. The van der Waals surface area contributed by atoms with Gasteiger partial charge in [0.25, 0.3) is 0 Å². The smallest absolute Gasteiger partial charge is 0.249 e. The van der Waals surface area contributed by atoms with Crippen LogP contribution in [-0.2, 0) is 23.2 Å². The van der Waals surface area contributed by atoms with Gasteiger partial charge in [0.1, 0.15) is 12.1 Å². The van der Waals surface area contributed by atoms with Gasteiger partial charge < -0.3 is 10.2 Å². The average molecular weight is 355 g/mol. The van der Waals surface area contributed by atoms with Crippen molar-refractivity contribution >= 4 is 27.7 Å². The molecule has 7 heteroatoms. The van der Waals surface area contributed by atoms with Crippen molar-refractivity contribution in [2.24, 2.45) is 13.0 Å². The molecule has 21 heavy (non-hydrogen) atoms. The minimum Gasteiger partial charge on any atom is -0.340 e. The fraction of sp³-hybridized carbons (Fsp3) is 0.643. The van der Waals surface area contributed by atoms with Gasteiger partial charge in [-0.3, -0.25) is 14.3 Å². The Morgan fingerprint density at radius 3 is 2.62 bits per heavy atom. The number of rotatable bonds is 3. The zero-order chi connectivity index (χ0) is 15.4. The van der Waals surface area contributed by atoms with Crippen LogP contribution in [0.3, 0.4) is 0 Å². The summed E-state index contributed by atoms with van der Waals surface area (Å²) in [5, 5.41) is 7.23. The van der Waals surface area contributed by atoms with Crippen molar-refractivity contribution in [3.05, 3.63) is 15.9 Å². The molecule has 2 heterocycles. The Labute approximate surface area is 132 Å². The molecule has 1 saturated carbocycles. The molecule has 2 aliphatic rings. The van der Waals surface area contributed by atoms with Crippen LogP contribution in [0.25, 0.3) is 0 Å². The van der Waals surface area contributed by atoms with E-state index in [0.29, 0.717) is 6.54 Å². The molecule has 6 nitrogen and oxygen atoms in total. The zero-order valence-electron chi connectivity index (χ0n) is 12.4. The minimum absolute atomic E-state index is 0.00959. The van der Waals surface area contributed by atoms with Crippen molar-refractivity contribution < 1.29 is 9.59 Å². The topological polar surface area (TPSA) is 67.2 Å². The van der Waals surface area contributed by atoms with E-state index in [4.69, 9.17) is 0 Å². The predicted molar refractivity (Wildman–Crippen MR) is 80.3 cm³/mol. The van der Waals surface area contributed by atoms with E-state index in [1.54, 1.807) is 9.58 Å². The van der Waals surface area contributed by atoms with Crippen LogP contribution in [0.4, 0.5) is 0 Å². The molecule has 3 rings (SSSR count).